The van der Waals surface area contributed by atoms with Gasteiger partial charge in [0.1, 0.15) is 0 Å². The topological polar surface area (TPSA) is 9.23 Å². The van der Waals surface area contributed by atoms with Crippen LogP contribution in [0.2, 0.25) is 12.6 Å². The van der Waals surface area contributed by atoms with E-state index in [0.29, 0.717) is 6.10 Å². The summed E-state index contributed by atoms with van der Waals surface area (Å²) in [4.78, 5) is 0. The monoisotopic (exact) mass is 170 g/mol. The Bertz CT molecular complexity index is 167. The molecule has 64 valence electrons. The van der Waals surface area contributed by atoms with Crippen LogP contribution in [0.1, 0.15) is 26.7 Å². The molecule has 0 aliphatic carbocycles. The summed E-state index contributed by atoms with van der Waals surface area (Å²) in [6.45, 7) is 10.6. The van der Waals surface area contributed by atoms with E-state index in [4.69, 9.17) is 4.43 Å². The highest BCUT2D eigenvalue weighted by molar-refractivity contribution is 6.79. The smallest absolute Gasteiger partial charge is 0.216 e. The molecule has 2 atom stereocenters. The first-order valence-electron chi connectivity index (χ1n) is 4.38. The quantitative estimate of drug-likeness (QED) is 0.550. The van der Waals surface area contributed by atoms with Crippen LogP contribution in [0.25, 0.3) is 0 Å². The number of hydrogen-bond acceptors (Lipinski definition) is 1. The Morgan fingerprint density at radius 3 is 2.64 bits per heavy atom. The van der Waals surface area contributed by atoms with E-state index < -0.39 is 8.32 Å². The van der Waals surface area contributed by atoms with Gasteiger partial charge in [-0.3, -0.25) is 0 Å². The Hall–Kier alpha value is -0.0831. The lowest BCUT2D eigenvalue weighted by Crippen LogP contribution is -2.42. The second kappa shape index (κ2) is 3.11. The fraction of sp³-hybridized carbons (Fsp3) is 0.778. The SMILES string of the molecule is C=C(C)[Si]1(C)CCCC(C)O1. The molecule has 0 aromatic rings. The van der Waals surface area contributed by atoms with Gasteiger partial charge in [0.05, 0.1) is 0 Å². The van der Waals surface area contributed by atoms with Gasteiger partial charge in [-0.05, 0) is 32.9 Å². The standard InChI is InChI=1S/C9H18OSi/c1-8(2)11(4)7-5-6-9(3)10-11/h9H,1,5-7H2,2-4H3. The Balaban J connectivity index is 2.63. The van der Waals surface area contributed by atoms with Gasteiger partial charge >= 0.3 is 0 Å². The molecule has 11 heavy (non-hydrogen) atoms. The summed E-state index contributed by atoms with van der Waals surface area (Å²) in [6.07, 6.45) is 3.03. The average Bonchev–Trinajstić information content (AvgIpc) is 1.86. The Morgan fingerprint density at radius 1 is 1.64 bits per heavy atom. The highest BCUT2D eigenvalue weighted by Crippen LogP contribution is 2.30. The summed E-state index contributed by atoms with van der Waals surface area (Å²) < 4.78 is 5.97. The van der Waals surface area contributed by atoms with Gasteiger partial charge < -0.3 is 4.43 Å². The van der Waals surface area contributed by atoms with E-state index in [-0.39, 0.29) is 0 Å². The summed E-state index contributed by atoms with van der Waals surface area (Å²) in [6, 6.07) is 1.27. The highest BCUT2D eigenvalue weighted by Gasteiger charge is 2.34. The van der Waals surface area contributed by atoms with Gasteiger partial charge in [-0.2, -0.15) is 0 Å². The maximum atomic E-state index is 5.97. The molecular formula is C9H18OSi. The Labute approximate surface area is 70.6 Å². The Morgan fingerprint density at radius 2 is 2.27 bits per heavy atom. The predicted octanol–water partition coefficient (Wildman–Crippen LogP) is 2.88. The van der Waals surface area contributed by atoms with Crippen LogP contribution in [0, 0.1) is 0 Å². The van der Waals surface area contributed by atoms with Crippen molar-refractivity contribution < 1.29 is 4.43 Å². The van der Waals surface area contributed by atoms with E-state index in [1.54, 1.807) is 0 Å². The van der Waals surface area contributed by atoms with Gasteiger partial charge in [-0.1, -0.05) is 11.6 Å². The van der Waals surface area contributed by atoms with Crippen molar-refractivity contribution in [1.82, 2.24) is 0 Å². The zero-order chi connectivity index (χ0) is 8.48. The summed E-state index contributed by atoms with van der Waals surface area (Å²) in [5, 5.41) is 1.30. The molecule has 1 aliphatic heterocycles. The van der Waals surface area contributed by atoms with Crippen LogP contribution in [-0.4, -0.2) is 14.4 Å². The van der Waals surface area contributed by atoms with Crippen molar-refractivity contribution in [2.45, 2.75) is 45.4 Å². The third kappa shape index (κ3) is 1.94. The molecule has 2 heteroatoms. The van der Waals surface area contributed by atoms with Crippen LogP contribution in [0.3, 0.4) is 0 Å². The van der Waals surface area contributed by atoms with Crippen LogP contribution in [0.5, 0.6) is 0 Å². The number of hydrogen-bond donors (Lipinski definition) is 0. The number of allylic oxidation sites excluding steroid dienone is 1. The van der Waals surface area contributed by atoms with E-state index in [0.717, 1.165) is 0 Å². The molecule has 0 radical (unpaired) electrons. The summed E-state index contributed by atoms with van der Waals surface area (Å²) in [5.74, 6) is 0. The molecule has 1 aliphatic rings. The highest BCUT2D eigenvalue weighted by atomic mass is 28.4. The van der Waals surface area contributed by atoms with Crippen LogP contribution in [0.15, 0.2) is 11.8 Å². The molecule has 0 N–H and O–H groups in total. The van der Waals surface area contributed by atoms with Crippen LogP contribution in [-0.2, 0) is 4.43 Å². The van der Waals surface area contributed by atoms with Crippen molar-refractivity contribution in [3.05, 3.63) is 11.8 Å². The zero-order valence-corrected chi connectivity index (χ0v) is 8.81. The lowest BCUT2D eigenvalue weighted by atomic mass is 10.2. The second-order valence-corrected chi connectivity index (χ2v) is 7.88. The van der Waals surface area contributed by atoms with Gasteiger partial charge in [0.15, 0.2) is 0 Å². The van der Waals surface area contributed by atoms with Crippen molar-refractivity contribution in [3.63, 3.8) is 0 Å². The van der Waals surface area contributed by atoms with Crippen LogP contribution >= 0.6 is 0 Å². The van der Waals surface area contributed by atoms with E-state index in [2.05, 4.69) is 27.0 Å². The largest absolute Gasteiger partial charge is 0.410 e. The zero-order valence-electron chi connectivity index (χ0n) is 7.81. The maximum Gasteiger partial charge on any atom is 0.216 e. The Kier molecular flexibility index (Phi) is 2.55. The minimum Gasteiger partial charge on any atom is -0.410 e. The van der Waals surface area contributed by atoms with E-state index in [1.807, 2.05) is 0 Å². The van der Waals surface area contributed by atoms with Gasteiger partial charge in [-0.25, -0.2) is 0 Å². The third-order valence-electron chi connectivity index (χ3n) is 2.63. The van der Waals surface area contributed by atoms with E-state index >= 15 is 0 Å². The fourth-order valence-corrected chi connectivity index (χ4v) is 4.23. The fourth-order valence-electron chi connectivity index (χ4n) is 1.60. The maximum absolute atomic E-state index is 5.97. The third-order valence-corrected chi connectivity index (χ3v) is 6.66. The first-order chi connectivity index (χ1) is 5.04. The first kappa shape index (κ1) is 9.01. The molecular weight excluding hydrogens is 152 g/mol. The van der Waals surface area contributed by atoms with Crippen LogP contribution < -0.4 is 0 Å². The van der Waals surface area contributed by atoms with Crippen molar-refractivity contribution in [2.75, 3.05) is 0 Å². The van der Waals surface area contributed by atoms with Crippen molar-refractivity contribution >= 4 is 8.32 Å². The molecule has 0 spiro atoms. The lowest BCUT2D eigenvalue weighted by molar-refractivity contribution is 0.180. The molecule has 2 unspecified atom stereocenters. The normalized spacial score (nSPS) is 38.6. The van der Waals surface area contributed by atoms with E-state index in [1.165, 1.54) is 24.1 Å². The minimum atomic E-state index is -1.47. The molecule has 1 nitrogen and oxygen atoms in total. The minimum absolute atomic E-state index is 0.470. The predicted molar refractivity (Wildman–Crippen MR) is 51.0 cm³/mol. The van der Waals surface area contributed by atoms with Crippen LogP contribution in [0.4, 0.5) is 0 Å². The molecule has 1 heterocycles. The molecule has 1 saturated heterocycles. The van der Waals surface area contributed by atoms with Crippen molar-refractivity contribution in [2.24, 2.45) is 0 Å². The molecule has 0 aromatic carbocycles. The average molecular weight is 170 g/mol. The first-order valence-corrected chi connectivity index (χ1v) is 7.00. The molecule has 1 rings (SSSR count). The second-order valence-electron chi connectivity index (χ2n) is 3.83. The van der Waals surface area contributed by atoms with E-state index in [9.17, 15) is 0 Å². The lowest BCUT2D eigenvalue weighted by Gasteiger charge is -2.36. The van der Waals surface area contributed by atoms with Crippen molar-refractivity contribution in [3.8, 4) is 0 Å². The molecule has 1 fully saturated rings. The molecule has 0 bridgehead atoms. The molecule has 0 saturated carbocycles. The van der Waals surface area contributed by atoms with Crippen molar-refractivity contribution in [1.29, 1.82) is 0 Å². The van der Waals surface area contributed by atoms with Gasteiger partial charge in [0, 0.05) is 6.10 Å². The number of rotatable bonds is 1. The molecule has 0 amide bonds. The summed E-state index contributed by atoms with van der Waals surface area (Å²) in [5.41, 5.74) is 0. The molecule has 0 aromatic heterocycles. The van der Waals surface area contributed by atoms with Gasteiger partial charge in [-0.15, -0.1) is 6.58 Å². The van der Waals surface area contributed by atoms with Gasteiger partial charge in [0.25, 0.3) is 0 Å². The van der Waals surface area contributed by atoms with Gasteiger partial charge in [0.2, 0.25) is 8.32 Å². The summed E-state index contributed by atoms with van der Waals surface area (Å²) >= 11 is 0. The summed E-state index contributed by atoms with van der Waals surface area (Å²) in [7, 11) is -1.47.